The van der Waals surface area contributed by atoms with Gasteiger partial charge < -0.3 is 15.8 Å². The molecule has 3 N–H and O–H groups in total. The Labute approximate surface area is 161 Å². The number of carbonyl (C=O) groups is 1. The highest BCUT2D eigenvalue weighted by atomic mass is 16.5. The fraction of sp³-hybridized carbons (Fsp3) is 0.409. The lowest BCUT2D eigenvalue weighted by molar-refractivity contribution is -0.0705. The Morgan fingerprint density at radius 3 is 2.48 bits per heavy atom. The third-order valence-corrected chi connectivity index (χ3v) is 4.86. The molecule has 2 aromatic carbocycles. The minimum atomic E-state index is -0.392. The SMILES string of the molecule is C[C@H]1CN(Cc2ccccc2CNCc2cccc(C(N)=O)c2)C[C@H](C)O1. The average molecular weight is 367 g/mol. The first-order valence-corrected chi connectivity index (χ1v) is 9.55. The van der Waals surface area contributed by atoms with Crippen molar-refractivity contribution in [3.05, 3.63) is 70.8 Å². The van der Waals surface area contributed by atoms with Crippen LogP contribution in [-0.4, -0.2) is 36.1 Å². The number of nitrogens with two attached hydrogens (primary N) is 1. The smallest absolute Gasteiger partial charge is 0.248 e. The maximum absolute atomic E-state index is 11.3. The molecule has 2 aromatic rings. The van der Waals surface area contributed by atoms with Gasteiger partial charge in [0.1, 0.15) is 0 Å². The number of rotatable bonds is 7. The second-order valence-corrected chi connectivity index (χ2v) is 7.39. The molecule has 0 radical (unpaired) electrons. The van der Waals surface area contributed by atoms with Gasteiger partial charge >= 0.3 is 0 Å². The summed E-state index contributed by atoms with van der Waals surface area (Å²) < 4.78 is 5.84. The summed E-state index contributed by atoms with van der Waals surface area (Å²) in [5.74, 6) is -0.392. The molecule has 3 rings (SSSR count). The van der Waals surface area contributed by atoms with Crippen molar-refractivity contribution in [2.75, 3.05) is 13.1 Å². The zero-order chi connectivity index (χ0) is 19.2. The topological polar surface area (TPSA) is 67.6 Å². The molecule has 1 aliphatic heterocycles. The predicted molar refractivity (Wildman–Crippen MR) is 107 cm³/mol. The molecule has 1 heterocycles. The van der Waals surface area contributed by atoms with Crippen molar-refractivity contribution in [1.82, 2.24) is 10.2 Å². The second kappa shape index (κ2) is 9.13. The van der Waals surface area contributed by atoms with E-state index in [-0.39, 0.29) is 12.2 Å². The van der Waals surface area contributed by atoms with E-state index in [9.17, 15) is 4.79 Å². The minimum Gasteiger partial charge on any atom is -0.373 e. The van der Waals surface area contributed by atoms with Gasteiger partial charge in [-0.15, -0.1) is 0 Å². The van der Waals surface area contributed by atoms with Crippen LogP contribution in [-0.2, 0) is 24.4 Å². The summed E-state index contributed by atoms with van der Waals surface area (Å²) in [5.41, 5.74) is 9.61. The number of morpholine rings is 1. The van der Waals surface area contributed by atoms with Crippen LogP contribution in [0.5, 0.6) is 0 Å². The van der Waals surface area contributed by atoms with E-state index in [2.05, 4.69) is 48.3 Å². The van der Waals surface area contributed by atoms with Crippen molar-refractivity contribution >= 4 is 5.91 Å². The highest BCUT2D eigenvalue weighted by Crippen LogP contribution is 2.17. The lowest BCUT2D eigenvalue weighted by atomic mass is 10.1. The van der Waals surface area contributed by atoms with Crippen LogP contribution in [0.25, 0.3) is 0 Å². The number of nitrogens with one attached hydrogen (secondary N) is 1. The molecule has 1 amide bonds. The van der Waals surface area contributed by atoms with Crippen molar-refractivity contribution in [2.45, 2.75) is 45.7 Å². The molecule has 5 heteroatoms. The van der Waals surface area contributed by atoms with Crippen LogP contribution in [0.1, 0.15) is 40.9 Å². The first-order chi connectivity index (χ1) is 13.0. The van der Waals surface area contributed by atoms with Crippen molar-refractivity contribution in [3.63, 3.8) is 0 Å². The Hall–Kier alpha value is -2.21. The van der Waals surface area contributed by atoms with Gasteiger partial charge in [-0.1, -0.05) is 36.4 Å². The number of benzene rings is 2. The van der Waals surface area contributed by atoms with Gasteiger partial charge in [0.15, 0.2) is 0 Å². The van der Waals surface area contributed by atoms with Gasteiger partial charge in [0.2, 0.25) is 5.91 Å². The van der Waals surface area contributed by atoms with Gasteiger partial charge in [0.25, 0.3) is 0 Å². The number of ether oxygens (including phenoxy) is 1. The minimum absolute atomic E-state index is 0.275. The normalized spacial score (nSPS) is 20.5. The van der Waals surface area contributed by atoms with Gasteiger partial charge in [-0.3, -0.25) is 9.69 Å². The molecule has 1 aliphatic rings. The zero-order valence-corrected chi connectivity index (χ0v) is 16.2. The van der Waals surface area contributed by atoms with E-state index in [1.165, 1.54) is 11.1 Å². The van der Waals surface area contributed by atoms with Crippen LogP contribution in [0, 0.1) is 0 Å². The van der Waals surface area contributed by atoms with E-state index in [0.29, 0.717) is 12.1 Å². The Kier molecular flexibility index (Phi) is 6.61. The molecule has 5 nitrogen and oxygen atoms in total. The molecular weight excluding hydrogens is 338 g/mol. The van der Waals surface area contributed by atoms with Gasteiger partial charge in [-0.2, -0.15) is 0 Å². The molecular formula is C22H29N3O2. The lowest BCUT2D eigenvalue weighted by Crippen LogP contribution is -2.45. The third kappa shape index (κ3) is 5.63. The van der Waals surface area contributed by atoms with Gasteiger partial charge in [-0.05, 0) is 42.7 Å². The number of hydrogen-bond acceptors (Lipinski definition) is 4. The molecule has 2 atom stereocenters. The van der Waals surface area contributed by atoms with Crippen molar-refractivity contribution in [2.24, 2.45) is 5.73 Å². The first-order valence-electron chi connectivity index (χ1n) is 9.55. The summed E-state index contributed by atoms with van der Waals surface area (Å²) >= 11 is 0. The molecule has 0 bridgehead atoms. The molecule has 1 fully saturated rings. The summed E-state index contributed by atoms with van der Waals surface area (Å²) in [6, 6.07) is 16.0. The van der Waals surface area contributed by atoms with Crippen LogP contribution in [0.15, 0.2) is 48.5 Å². The highest BCUT2D eigenvalue weighted by molar-refractivity contribution is 5.92. The zero-order valence-electron chi connectivity index (χ0n) is 16.2. The molecule has 0 spiro atoms. The Morgan fingerprint density at radius 1 is 1.07 bits per heavy atom. The second-order valence-electron chi connectivity index (χ2n) is 7.39. The fourth-order valence-corrected chi connectivity index (χ4v) is 3.71. The number of nitrogens with zero attached hydrogens (tertiary/aromatic N) is 1. The summed E-state index contributed by atoms with van der Waals surface area (Å²) in [6.07, 6.45) is 0.549. The number of carbonyl (C=O) groups excluding carboxylic acids is 1. The number of hydrogen-bond donors (Lipinski definition) is 2. The van der Waals surface area contributed by atoms with Crippen molar-refractivity contribution < 1.29 is 9.53 Å². The van der Waals surface area contributed by atoms with E-state index < -0.39 is 5.91 Å². The fourth-order valence-electron chi connectivity index (χ4n) is 3.71. The maximum atomic E-state index is 11.3. The predicted octanol–water partition coefficient (Wildman–Crippen LogP) is 2.68. The Morgan fingerprint density at radius 2 is 1.78 bits per heavy atom. The van der Waals surface area contributed by atoms with Gasteiger partial charge in [0.05, 0.1) is 12.2 Å². The van der Waals surface area contributed by atoms with Crippen LogP contribution < -0.4 is 11.1 Å². The molecule has 1 saturated heterocycles. The number of primary amides is 1. The van der Waals surface area contributed by atoms with E-state index in [1.807, 2.05) is 18.2 Å². The molecule has 0 unspecified atom stereocenters. The van der Waals surface area contributed by atoms with E-state index in [1.54, 1.807) is 6.07 Å². The summed E-state index contributed by atoms with van der Waals surface area (Å²) in [4.78, 5) is 13.8. The van der Waals surface area contributed by atoms with E-state index in [0.717, 1.165) is 31.7 Å². The van der Waals surface area contributed by atoms with Crippen LogP contribution in [0.3, 0.4) is 0 Å². The van der Waals surface area contributed by atoms with Crippen molar-refractivity contribution in [3.8, 4) is 0 Å². The van der Waals surface area contributed by atoms with Crippen molar-refractivity contribution in [1.29, 1.82) is 0 Å². The summed E-state index contributed by atoms with van der Waals surface area (Å²) in [7, 11) is 0. The molecule has 0 aliphatic carbocycles. The Bertz CT molecular complexity index is 768. The molecule has 27 heavy (non-hydrogen) atoms. The van der Waals surface area contributed by atoms with Gasteiger partial charge in [0, 0.05) is 38.3 Å². The standard InChI is InChI=1S/C22H29N3O2/c1-16-13-25(14-17(2)27-16)15-21-8-4-3-7-20(21)12-24-11-18-6-5-9-19(10-18)22(23)26/h3-10,16-17,24H,11-15H2,1-2H3,(H2,23,26)/t16-,17-/m0/s1. The first kappa shape index (κ1) is 19.5. The maximum Gasteiger partial charge on any atom is 0.248 e. The number of amides is 1. The van der Waals surface area contributed by atoms with E-state index in [4.69, 9.17) is 10.5 Å². The summed E-state index contributed by atoms with van der Waals surface area (Å²) in [6.45, 7) is 8.62. The average Bonchev–Trinajstić information content (AvgIpc) is 2.62. The van der Waals surface area contributed by atoms with Crippen LogP contribution >= 0.6 is 0 Å². The van der Waals surface area contributed by atoms with Gasteiger partial charge in [-0.25, -0.2) is 0 Å². The third-order valence-electron chi connectivity index (χ3n) is 4.86. The lowest BCUT2D eigenvalue weighted by Gasteiger charge is -2.35. The van der Waals surface area contributed by atoms with Crippen LogP contribution in [0.4, 0.5) is 0 Å². The quantitative estimate of drug-likeness (QED) is 0.790. The monoisotopic (exact) mass is 367 g/mol. The highest BCUT2D eigenvalue weighted by Gasteiger charge is 2.22. The molecule has 0 saturated carbocycles. The largest absolute Gasteiger partial charge is 0.373 e. The summed E-state index contributed by atoms with van der Waals surface area (Å²) in [5, 5.41) is 3.48. The molecule has 144 valence electrons. The Balaban J connectivity index is 1.59. The van der Waals surface area contributed by atoms with Crippen LogP contribution in [0.2, 0.25) is 0 Å². The molecule has 0 aromatic heterocycles. The van der Waals surface area contributed by atoms with E-state index >= 15 is 0 Å².